The predicted octanol–water partition coefficient (Wildman–Crippen LogP) is 3.64. The number of aromatic nitrogens is 2. The van der Waals surface area contributed by atoms with Gasteiger partial charge in [-0.25, -0.2) is 0 Å². The third kappa shape index (κ3) is 4.42. The fraction of sp³-hybridized carbons (Fsp3) is 0.588. The number of aryl methyl sites for hydroxylation is 3. The van der Waals surface area contributed by atoms with Crippen LogP contribution in [0.15, 0.2) is 16.8 Å². The van der Waals surface area contributed by atoms with Gasteiger partial charge in [0.1, 0.15) is 0 Å². The van der Waals surface area contributed by atoms with Gasteiger partial charge in [-0.15, -0.1) is 0 Å². The molecule has 2 heterocycles. The van der Waals surface area contributed by atoms with E-state index < -0.39 is 0 Å². The largest absolute Gasteiger partial charge is 0.314 e. The van der Waals surface area contributed by atoms with Crippen LogP contribution in [-0.4, -0.2) is 22.4 Å². The van der Waals surface area contributed by atoms with Crippen LogP contribution < -0.4 is 5.32 Å². The SMILES string of the molecule is CCCNC(CCc1ccsc1)Cc1c(C)nn(C)c1C. The Labute approximate surface area is 132 Å². The molecule has 1 N–H and O–H groups in total. The van der Waals surface area contributed by atoms with E-state index in [1.54, 1.807) is 11.3 Å². The summed E-state index contributed by atoms with van der Waals surface area (Å²) in [5.41, 5.74) is 5.35. The lowest BCUT2D eigenvalue weighted by Crippen LogP contribution is -2.32. The van der Waals surface area contributed by atoms with E-state index >= 15 is 0 Å². The molecule has 0 spiro atoms. The molecule has 116 valence electrons. The molecular formula is C17H27N3S. The van der Waals surface area contributed by atoms with Crippen molar-refractivity contribution in [1.29, 1.82) is 0 Å². The molecule has 1 atom stereocenters. The van der Waals surface area contributed by atoms with Gasteiger partial charge in [0.05, 0.1) is 5.69 Å². The van der Waals surface area contributed by atoms with Crippen molar-refractivity contribution in [1.82, 2.24) is 15.1 Å². The van der Waals surface area contributed by atoms with Gasteiger partial charge >= 0.3 is 0 Å². The van der Waals surface area contributed by atoms with Gasteiger partial charge in [0.2, 0.25) is 0 Å². The molecule has 0 aromatic carbocycles. The lowest BCUT2D eigenvalue weighted by Gasteiger charge is -2.18. The van der Waals surface area contributed by atoms with E-state index in [1.165, 1.54) is 35.4 Å². The van der Waals surface area contributed by atoms with Gasteiger partial charge in [0.25, 0.3) is 0 Å². The lowest BCUT2D eigenvalue weighted by atomic mass is 9.98. The maximum Gasteiger partial charge on any atom is 0.0628 e. The van der Waals surface area contributed by atoms with E-state index in [4.69, 9.17) is 0 Å². The maximum absolute atomic E-state index is 4.54. The van der Waals surface area contributed by atoms with Gasteiger partial charge in [0.15, 0.2) is 0 Å². The first-order valence-electron chi connectivity index (χ1n) is 7.85. The maximum atomic E-state index is 4.54. The summed E-state index contributed by atoms with van der Waals surface area (Å²) in [6.45, 7) is 7.61. The zero-order chi connectivity index (χ0) is 15.2. The summed E-state index contributed by atoms with van der Waals surface area (Å²) in [4.78, 5) is 0. The average molecular weight is 305 g/mol. The third-order valence-electron chi connectivity index (χ3n) is 4.15. The molecule has 0 aliphatic carbocycles. The molecule has 2 rings (SSSR count). The highest BCUT2D eigenvalue weighted by Gasteiger charge is 2.15. The second-order valence-corrected chi connectivity index (χ2v) is 6.58. The minimum atomic E-state index is 0.534. The van der Waals surface area contributed by atoms with Gasteiger partial charge < -0.3 is 5.32 Å². The Morgan fingerprint density at radius 3 is 2.76 bits per heavy atom. The van der Waals surface area contributed by atoms with Crippen LogP contribution in [0.2, 0.25) is 0 Å². The summed E-state index contributed by atoms with van der Waals surface area (Å²) >= 11 is 1.79. The highest BCUT2D eigenvalue weighted by Crippen LogP contribution is 2.17. The highest BCUT2D eigenvalue weighted by molar-refractivity contribution is 7.07. The molecule has 0 amide bonds. The fourth-order valence-electron chi connectivity index (χ4n) is 2.76. The smallest absolute Gasteiger partial charge is 0.0628 e. The Bertz CT molecular complexity index is 543. The summed E-state index contributed by atoms with van der Waals surface area (Å²) in [6.07, 6.45) is 4.60. The van der Waals surface area contributed by atoms with Crippen molar-refractivity contribution in [3.05, 3.63) is 39.3 Å². The summed E-state index contributed by atoms with van der Waals surface area (Å²) < 4.78 is 2.00. The fourth-order valence-corrected chi connectivity index (χ4v) is 3.46. The van der Waals surface area contributed by atoms with Crippen molar-refractivity contribution >= 4 is 11.3 Å². The zero-order valence-corrected chi connectivity index (χ0v) is 14.5. The predicted molar refractivity (Wildman–Crippen MR) is 91.1 cm³/mol. The van der Waals surface area contributed by atoms with Gasteiger partial charge in [-0.05, 0) is 74.0 Å². The zero-order valence-electron chi connectivity index (χ0n) is 13.6. The van der Waals surface area contributed by atoms with Gasteiger partial charge in [0, 0.05) is 18.8 Å². The molecule has 4 heteroatoms. The Hall–Kier alpha value is -1.13. The molecular weight excluding hydrogens is 278 g/mol. The minimum absolute atomic E-state index is 0.534. The lowest BCUT2D eigenvalue weighted by molar-refractivity contribution is 0.476. The molecule has 21 heavy (non-hydrogen) atoms. The normalized spacial score (nSPS) is 12.8. The molecule has 0 bridgehead atoms. The number of hydrogen-bond acceptors (Lipinski definition) is 3. The Kier molecular flexibility index (Phi) is 6.00. The third-order valence-corrected chi connectivity index (χ3v) is 4.89. The Morgan fingerprint density at radius 2 is 2.19 bits per heavy atom. The summed E-state index contributed by atoms with van der Waals surface area (Å²) in [5, 5.41) is 12.7. The van der Waals surface area contributed by atoms with Crippen LogP contribution in [0, 0.1) is 13.8 Å². The molecule has 0 radical (unpaired) electrons. The van der Waals surface area contributed by atoms with Crippen LogP contribution in [0.25, 0.3) is 0 Å². The monoisotopic (exact) mass is 305 g/mol. The van der Waals surface area contributed by atoms with E-state index in [9.17, 15) is 0 Å². The number of rotatable bonds is 8. The van der Waals surface area contributed by atoms with Crippen molar-refractivity contribution in [2.24, 2.45) is 7.05 Å². The molecule has 0 fully saturated rings. The first-order chi connectivity index (χ1) is 10.1. The topological polar surface area (TPSA) is 29.9 Å². The number of nitrogens with one attached hydrogen (secondary N) is 1. The van der Waals surface area contributed by atoms with Crippen molar-refractivity contribution in [2.75, 3.05) is 6.54 Å². The van der Waals surface area contributed by atoms with Crippen molar-refractivity contribution in [3.8, 4) is 0 Å². The minimum Gasteiger partial charge on any atom is -0.314 e. The second kappa shape index (κ2) is 7.76. The molecule has 2 aromatic rings. The number of nitrogens with zero attached hydrogens (tertiary/aromatic N) is 2. The van der Waals surface area contributed by atoms with Gasteiger partial charge in [-0.2, -0.15) is 16.4 Å². The van der Waals surface area contributed by atoms with Crippen molar-refractivity contribution in [3.63, 3.8) is 0 Å². The van der Waals surface area contributed by atoms with E-state index in [0.717, 1.165) is 19.4 Å². The first-order valence-corrected chi connectivity index (χ1v) is 8.79. The van der Waals surface area contributed by atoms with E-state index in [1.807, 2.05) is 11.7 Å². The Balaban J connectivity index is 2.01. The number of hydrogen-bond donors (Lipinski definition) is 1. The first kappa shape index (κ1) is 16.2. The molecule has 0 aliphatic heterocycles. The van der Waals surface area contributed by atoms with Crippen LogP contribution in [0.1, 0.15) is 42.3 Å². The van der Waals surface area contributed by atoms with E-state index in [-0.39, 0.29) is 0 Å². The quantitative estimate of drug-likeness (QED) is 0.807. The standard InChI is InChI=1S/C17H27N3S/c1-5-9-18-16(7-6-15-8-10-21-12-15)11-17-13(2)19-20(4)14(17)3/h8,10,12,16,18H,5-7,9,11H2,1-4H3. The van der Waals surface area contributed by atoms with E-state index in [2.05, 4.69) is 48.0 Å². The highest BCUT2D eigenvalue weighted by atomic mass is 32.1. The van der Waals surface area contributed by atoms with Crippen LogP contribution >= 0.6 is 11.3 Å². The van der Waals surface area contributed by atoms with E-state index in [0.29, 0.717) is 6.04 Å². The van der Waals surface area contributed by atoms with Crippen LogP contribution in [0.5, 0.6) is 0 Å². The molecule has 0 aliphatic rings. The molecule has 1 unspecified atom stereocenters. The van der Waals surface area contributed by atoms with Gasteiger partial charge in [-0.1, -0.05) is 6.92 Å². The summed E-state index contributed by atoms with van der Waals surface area (Å²) in [6, 6.07) is 2.77. The van der Waals surface area contributed by atoms with Crippen molar-refractivity contribution in [2.45, 2.75) is 52.5 Å². The van der Waals surface area contributed by atoms with Crippen molar-refractivity contribution < 1.29 is 0 Å². The molecule has 2 aromatic heterocycles. The van der Waals surface area contributed by atoms with Crippen LogP contribution in [0.4, 0.5) is 0 Å². The Morgan fingerprint density at radius 1 is 1.38 bits per heavy atom. The van der Waals surface area contributed by atoms with Crippen LogP contribution in [-0.2, 0) is 19.9 Å². The number of thiophene rings is 1. The van der Waals surface area contributed by atoms with Crippen LogP contribution in [0.3, 0.4) is 0 Å². The van der Waals surface area contributed by atoms with Gasteiger partial charge in [-0.3, -0.25) is 4.68 Å². The summed E-state index contributed by atoms with van der Waals surface area (Å²) in [7, 11) is 2.03. The summed E-state index contributed by atoms with van der Waals surface area (Å²) in [5.74, 6) is 0. The molecule has 3 nitrogen and oxygen atoms in total. The molecule has 0 saturated heterocycles. The molecule has 0 saturated carbocycles. The average Bonchev–Trinajstić information content (AvgIpc) is 3.05. The second-order valence-electron chi connectivity index (χ2n) is 5.80.